The number of ether oxygens (including phenoxy) is 2. The second kappa shape index (κ2) is 13.2. The van der Waals surface area contributed by atoms with Gasteiger partial charge in [-0.3, -0.25) is 14.5 Å². The van der Waals surface area contributed by atoms with E-state index in [9.17, 15) is 9.59 Å². The summed E-state index contributed by atoms with van der Waals surface area (Å²) in [6.45, 7) is 5.61. The van der Waals surface area contributed by atoms with Crippen molar-refractivity contribution in [1.82, 2.24) is 15.1 Å². The van der Waals surface area contributed by atoms with E-state index in [-0.39, 0.29) is 30.2 Å². The molecule has 0 radical (unpaired) electrons. The number of aryl methyl sites for hydroxylation is 1. The second-order valence-electron chi connectivity index (χ2n) is 10.6. The van der Waals surface area contributed by atoms with E-state index < -0.39 is 6.04 Å². The number of nitrogens with zero attached hydrogens (tertiary/aromatic N) is 2. The van der Waals surface area contributed by atoms with Crippen molar-refractivity contribution in [2.24, 2.45) is 0 Å². The monoisotopic (exact) mass is 549 g/mol. The maximum atomic E-state index is 14.1. The van der Waals surface area contributed by atoms with Gasteiger partial charge < -0.3 is 28.5 Å². The third kappa shape index (κ3) is 6.95. The molecule has 2 amide bonds. The largest absolute Gasteiger partial charge is 0.497 e. The average molecular weight is 550 g/mol. The van der Waals surface area contributed by atoms with Crippen LogP contribution in [-0.2, 0) is 22.6 Å². The highest BCUT2D eigenvalue weighted by molar-refractivity contribution is 5.96. The Labute approximate surface area is 235 Å². The summed E-state index contributed by atoms with van der Waals surface area (Å²) < 4.78 is 22.8. The second-order valence-corrected chi connectivity index (χ2v) is 10.6. The van der Waals surface area contributed by atoms with Crippen LogP contribution in [0.5, 0.6) is 5.75 Å². The molecule has 3 heterocycles. The van der Waals surface area contributed by atoms with E-state index in [0.717, 1.165) is 44.3 Å². The minimum atomic E-state index is -0.960. The van der Waals surface area contributed by atoms with Gasteiger partial charge in [-0.2, -0.15) is 0 Å². The van der Waals surface area contributed by atoms with Gasteiger partial charge in [-0.1, -0.05) is 31.4 Å². The Morgan fingerprint density at radius 2 is 1.75 bits per heavy atom. The molecule has 0 unspecified atom stereocenters. The molecule has 5 rings (SSSR count). The molecule has 2 aromatic heterocycles. The first kappa shape index (κ1) is 28.0. The fourth-order valence-corrected chi connectivity index (χ4v) is 5.46. The molecule has 9 nitrogen and oxygen atoms in total. The Morgan fingerprint density at radius 1 is 1.00 bits per heavy atom. The van der Waals surface area contributed by atoms with Crippen LogP contribution in [0, 0.1) is 6.92 Å². The van der Waals surface area contributed by atoms with Crippen LogP contribution in [0.1, 0.15) is 71.5 Å². The molecular formula is C31H39N3O6. The number of carbonyl (C=O) groups excluding carboxylic acids is 2. The fourth-order valence-electron chi connectivity index (χ4n) is 5.46. The van der Waals surface area contributed by atoms with Crippen LogP contribution in [0.2, 0.25) is 0 Å². The molecule has 214 valence electrons. The third-order valence-corrected chi connectivity index (χ3v) is 7.67. The minimum absolute atomic E-state index is 0.0847. The van der Waals surface area contributed by atoms with Gasteiger partial charge in [0.2, 0.25) is 0 Å². The Bertz CT molecular complexity index is 1250. The molecular weight excluding hydrogens is 510 g/mol. The van der Waals surface area contributed by atoms with E-state index >= 15 is 0 Å². The van der Waals surface area contributed by atoms with Crippen molar-refractivity contribution in [2.45, 2.75) is 64.2 Å². The summed E-state index contributed by atoms with van der Waals surface area (Å²) in [6, 6.07) is 13.7. The van der Waals surface area contributed by atoms with E-state index in [2.05, 4.69) is 10.2 Å². The third-order valence-electron chi connectivity index (χ3n) is 7.67. The lowest BCUT2D eigenvalue weighted by Gasteiger charge is -2.31. The fraction of sp³-hybridized carbons (Fsp3) is 0.484. The standard InChI is InChI=1S/C31H39N3O6/c1-22-8-14-27(39-22)29(30(35)32-24-6-4-3-5-7-24)34(20-23-9-11-25(37-2)12-10-23)31(36)28-15-13-26(40-28)21-33-16-18-38-19-17-33/h8-15,24,29H,3-7,16-21H2,1-2H3,(H,32,35)/t29-/m0/s1. The maximum absolute atomic E-state index is 14.1. The molecule has 1 aliphatic carbocycles. The number of hydrogen-bond donors (Lipinski definition) is 1. The minimum Gasteiger partial charge on any atom is -0.497 e. The Hall–Kier alpha value is -3.56. The van der Waals surface area contributed by atoms with Gasteiger partial charge in [0, 0.05) is 25.7 Å². The van der Waals surface area contributed by atoms with E-state index in [0.29, 0.717) is 42.8 Å². The van der Waals surface area contributed by atoms with Gasteiger partial charge in [0.15, 0.2) is 11.8 Å². The van der Waals surface area contributed by atoms with E-state index in [1.54, 1.807) is 24.1 Å². The zero-order valence-corrected chi connectivity index (χ0v) is 23.4. The first-order valence-electron chi connectivity index (χ1n) is 14.2. The molecule has 1 N–H and O–H groups in total. The molecule has 9 heteroatoms. The summed E-state index contributed by atoms with van der Waals surface area (Å²) in [4.78, 5) is 31.9. The number of methoxy groups -OCH3 is 1. The zero-order valence-electron chi connectivity index (χ0n) is 23.4. The first-order chi connectivity index (χ1) is 19.5. The van der Waals surface area contributed by atoms with Gasteiger partial charge in [-0.15, -0.1) is 0 Å². The highest BCUT2D eigenvalue weighted by Crippen LogP contribution is 2.29. The number of rotatable bonds is 10. The van der Waals surface area contributed by atoms with Gasteiger partial charge in [-0.05, 0) is 61.7 Å². The van der Waals surface area contributed by atoms with Crippen molar-refractivity contribution >= 4 is 11.8 Å². The normalized spacial score (nSPS) is 17.4. The average Bonchev–Trinajstić information content (AvgIpc) is 3.63. The summed E-state index contributed by atoms with van der Waals surface area (Å²) in [5.74, 6) is 2.09. The van der Waals surface area contributed by atoms with E-state index in [1.165, 1.54) is 6.42 Å². The molecule has 1 atom stereocenters. The quantitative estimate of drug-likeness (QED) is 0.386. The Kier molecular flexibility index (Phi) is 9.23. The highest BCUT2D eigenvalue weighted by Gasteiger charge is 2.37. The number of benzene rings is 1. The number of morpholine rings is 1. The lowest BCUT2D eigenvalue weighted by molar-refractivity contribution is -0.127. The summed E-state index contributed by atoms with van der Waals surface area (Å²) in [5, 5.41) is 3.21. The predicted molar refractivity (Wildman–Crippen MR) is 149 cm³/mol. The SMILES string of the molecule is COc1ccc(CN(C(=O)c2ccc(CN3CCOCC3)o2)[C@H](C(=O)NC2CCCCC2)c2ccc(C)o2)cc1. The summed E-state index contributed by atoms with van der Waals surface area (Å²) in [6.07, 6.45) is 5.22. The summed E-state index contributed by atoms with van der Waals surface area (Å²) >= 11 is 0. The highest BCUT2D eigenvalue weighted by atomic mass is 16.5. The van der Waals surface area contributed by atoms with Crippen molar-refractivity contribution < 1.29 is 27.9 Å². The van der Waals surface area contributed by atoms with Crippen LogP contribution in [0.3, 0.4) is 0 Å². The molecule has 40 heavy (non-hydrogen) atoms. The van der Waals surface area contributed by atoms with Crippen molar-refractivity contribution in [1.29, 1.82) is 0 Å². The van der Waals surface area contributed by atoms with E-state index in [4.69, 9.17) is 18.3 Å². The first-order valence-corrected chi connectivity index (χ1v) is 14.2. The topological polar surface area (TPSA) is 97.4 Å². The van der Waals surface area contributed by atoms with Crippen LogP contribution < -0.4 is 10.1 Å². The summed E-state index contributed by atoms with van der Waals surface area (Å²) in [5.41, 5.74) is 0.855. The van der Waals surface area contributed by atoms with E-state index in [1.807, 2.05) is 43.3 Å². The lowest BCUT2D eigenvalue weighted by Crippen LogP contribution is -2.46. The van der Waals surface area contributed by atoms with Crippen molar-refractivity contribution in [2.75, 3.05) is 33.4 Å². The molecule has 0 spiro atoms. The van der Waals surface area contributed by atoms with Crippen LogP contribution in [0.15, 0.2) is 57.4 Å². The predicted octanol–water partition coefficient (Wildman–Crippen LogP) is 4.85. The molecule has 3 aromatic rings. The number of nitrogens with one attached hydrogen (secondary N) is 1. The van der Waals surface area contributed by atoms with Gasteiger partial charge in [0.05, 0.1) is 26.9 Å². The zero-order chi connectivity index (χ0) is 27.9. The number of furan rings is 2. The van der Waals surface area contributed by atoms with Gasteiger partial charge in [0.1, 0.15) is 23.0 Å². The van der Waals surface area contributed by atoms with Gasteiger partial charge in [-0.25, -0.2) is 0 Å². The van der Waals surface area contributed by atoms with Crippen molar-refractivity contribution in [3.63, 3.8) is 0 Å². The van der Waals surface area contributed by atoms with Crippen LogP contribution in [0.4, 0.5) is 0 Å². The molecule has 1 aliphatic heterocycles. The maximum Gasteiger partial charge on any atom is 0.290 e. The number of carbonyl (C=O) groups is 2. The molecule has 2 fully saturated rings. The smallest absolute Gasteiger partial charge is 0.290 e. The Balaban J connectivity index is 1.45. The number of hydrogen-bond acceptors (Lipinski definition) is 7. The van der Waals surface area contributed by atoms with Gasteiger partial charge >= 0.3 is 0 Å². The molecule has 1 aromatic carbocycles. The number of amides is 2. The molecule has 2 aliphatic rings. The summed E-state index contributed by atoms with van der Waals surface area (Å²) in [7, 11) is 1.61. The van der Waals surface area contributed by atoms with Crippen LogP contribution in [0.25, 0.3) is 0 Å². The molecule has 1 saturated heterocycles. The van der Waals surface area contributed by atoms with Crippen molar-refractivity contribution in [3.05, 3.63) is 77.1 Å². The molecule has 1 saturated carbocycles. The van der Waals surface area contributed by atoms with Crippen molar-refractivity contribution in [3.8, 4) is 5.75 Å². The van der Waals surface area contributed by atoms with Gasteiger partial charge in [0.25, 0.3) is 11.8 Å². The van der Waals surface area contributed by atoms with Crippen LogP contribution in [-0.4, -0.2) is 61.1 Å². The van der Waals surface area contributed by atoms with Crippen LogP contribution >= 0.6 is 0 Å². The Morgan fingerprint density at radius 3 is 2.42 bits per heavy atom. The molecule has 0 bridgehead atoms. The lowest BCUT2D eigenvalue weighted by atomic mass is 9.95.